The SMILES string of the molecule is CCOc1cc2c3c(c4cc(OCC)c(OCC)cc4c2cc1OCC)CSC1=C(SC3)SC(P(=O)(OCC)OCC)S1. The van der Waals surface area contributed by atoms with Gasteiger partial charge in [0.2, 0.25) is 0 Å². The minimum absolute atomic E-state index is 0.316. The highest BCUT2D eigenvalue weighted by molar-refractivity contribution is 8.40. The van der Waals surface area contributed by atoms with Gasteiger partial charge in [0.05, 0.1) is 48.1 Å². The third-order valence-electron chi connectivity index (χ3n) is 6.83. The number of benzene rings is 3. The van der Waals surface area contributed by atoms with Crippen molar-refractivity contribution in [3.63, 3.8) is 0 Å². The van der Waals surface area contributed by atoms with E-state index in [0.29, 0.717) is 39.6 Å². The second-order valence-electron chi connectivity index (χ2n) is 9.45. The molecule has 0 radical (unpaired) electrons. The lowest BCUT2D eigenvalue weighted by molar-refractivity contribution is 0.223. The van der Waals surface area contributed by atoms with E-state index in [-0.39, 0.29) is 4.32 Å². The Morgan fingerprint density at radius 3 is 1.26 bits per heavy atom. The van der Waals surface area contributed by atoms with E-state index in [1.807, 2.05) is 41.5 Å². The topological polar surface area (TPSA) is 72.5 Å². The summed E-state index contributed by atoms with van der Waals surface area (Å²) >= 11 is 6.81. The molecule has 7 nitrogen and oxygen atoms in total. The quantitative estimate of drug-likeness (QED) is 0.128. The van der Waals surface area contributed by atoms with Gasteiger partial charge < -0.3 is 28.0 Å². The molecule has 0 amide bonds. The van der Waals surface area contributed by atoms with Crippen molar-refractivity contribution < 1.29 is 32.6 Å². The van der Waals surface area contributed by atoms with E-state index in [0.717, 1.165) is 56.0 Å². The second-order valence-corrected chi connectivity index (χ2v) is 17.3. The molecule has 3 aromatic rings. The summed E-state index contributed by atoms with van der Waals surface area (Å²) < 4.78 is 51.5. The van der Waals surface area contributed by atoms with Crippen molar-refractivity contribution in [1.82, 2.24) is 0 Å². The summed E-state index contributed by atoms with van der Waals surface area (Å²) in [6.45, 7) is 14.5. The van der Waals surface area contributed by atoms with Gasteiger partial charge in [-0.2, -0.15) is 0 Å². The second kappa shape index (κ2) is 14.8. The van der Waals surface area contributed by atoms with Crippen LogP contribution in [0, 0.1) is 0 Å². The zero-order chi connectivity index (χ0) is 30.6. The van der Waals surface area contributed by atoms with Gasteiger partial charge in [-0.1, -0.05) is 23.5 Å². The molecular formula is C31H39O7PS4. The monoisotopic (exact) mass is 682 g/mol. The number of hydrogen-bond acceptors (Lipinski definition) is 11. The Labute approximate surface area is 271 Å². The van der Waals surface area contributed by atoms with E-state index in [1.54, 1.807) is 47.0 Å². The highest BCUT2D eigenvalue weighted by atomic mass is 32.3. The van der Waals surface area contributed by atoms with Crippen molar-refractivity contribution in [2.75, 3.05) is 39.6 Å². The standard InChI is InChI=1S/C31H39O7PS4/c1-7-33-25-13-19-20-14-26(34-8-2)28(36-10-4)16-22(20)24-18-41-30-29(40-17-23(24)21(19)15-27(25)35-9-3)42-31(43-30)39(32,37-11-5)38-12-6/h13-16,31H,7-12,17-18H2,1-6H3. The number of hydrogen-bond donors (Lipinski definition) is 0. The molecular weight excluding hydrogens is 644 g/mol. The van der Waals surface area contributed by atoms with Crippen LogP contribution in [0.15, 0.2) is 32.7 Å². The molecule has 0 aliphatic carbocycles. The first-order valence-corrected chi connectivity index (χ1v) is 20.1. The minimum atomic E-state index is -3.28. The zero-order valence-corrected chi connectivity index (χ0v) is 29.6. The van der Waals surface area contributed by atoms with E-state index in [1.165, 1.54) is 19.6 Å². The fourth-order valence-corrected chi connectivity index (χ4v) is 15.0. The van der Waals surface area contributed by atoms with Gasteiger partial charge in [-0.25, -0.2) is 0 Å². The van der Waals surface area contributed by atoms with E-state index >= 15 is 0 Å². The lowest BCUT2D eigenvalue weighted by Crippen LogP contribution is -2.04. The third-order valence-corrected chi connectivity index (χ3v) is 16.2. The van der Waals surface area contributed by atoms with E-state index in [4.69, 9.17) is 28.0 Å². The van der Waals surface area contributed by atoms with E-state index in [9.17, 15) is 4.57 Å². The zero-order valence-electron chi connectivity index (χ0n) is 25.5. The normalized spacial score (nSPS) is 15.8. The molecule has 0 fully saturated rings. The van der Waals surface area contributed by atoms with E-state index < -0.39 is 7.60 Å². The summed E-state index contributed by atoms with van der Waals surface area (Å²) in [7, 11) is -3.28. The van der Waals surface area contributed by atoms with Crippen molar-refractivity contribution in [1.29, 1.82) is 0 Å². The maximum atomic E-state index is 13.7. The summed E-state index contributed by atoms with van der Waals surface area (Å²) in [5, 5.41) is 4.46. The van der Waals surface area contributed by atoms with Gasteiger partial charge in [0.1, 0.15) is 0 Å². The fourth-order valence-electron chi connectivity index (χ4n) is 5.21. The molecule has 0 spiro atoms. The van der Waals surface area contributed by atoms with Crippen LogP contribution in [-0.4, -0.2) is 44.0 Å². The van der Waals surface area contributed by atoms with Crippen molar-refractivity contribution in [2.24, 2.45) is 0 Å². The van der Waals surface area contributed by atoms with Gasteiger partial charge in [0.25, 0.3) is 0 Å². The average molecular weight is 683 g/mol. The first-order chi connectivity index (χ1) is 20.9. The Morgan fingerprint density at radius 1 is 0.581 bits per heavy atom. The van der Waals surface area contributed by atoms with Crippen LogP contribution in [0.5, 0.6) is 23.0 Å². The number of ether oxygens (including phenoxy) is 4. The molecule has 2 heterocycles. The first-order valence-electron chi connectivity index (χ1n) is 14.7. The molecule has 0 aromatic heterocycles. The molecule has 0 saturated heterocycles. The van der Waals surface area contributed by atoms with Gasteiger partial charge in [0.15, 0.2) is 27.3 Å². The number of thioether (sulfide) groups is 4. The molecule has 0 bridgehead atoms. The third kappa shape index (κ3) is 6.79. The van der Waals surface area contributed by atoms with Crippen LogP contribution in [0.3, 0.4) is 0 Å². The molecule has 3 aromatic carbocycles. The predicted octanol–water partition coefficient (Wildman–Crippen LogP) is 10.2. The molecule has 0 unspecified atom stereocenters. The van der Waals surface area contributed by atoms with Gasteiger partial charge in [-0.15, -0.1) is 23.5 Å². The van der Waals surface area contributed by atoms with Crippen molar-refractivity contribution in [3.05, 3.63) is 43.9 Å². The molecule has 0 N–H and O–H groups in total. The average Bonchev–Trinajstić information content (AvgIpc) is 3.38. The number of fused-ring (bicyclic) bond motifs is 6. The maximum absolute atomic E-state index is 13.7. The summed E-state index contributed by atoms with van der Waals surface area (Å²) in [5.41, 5.74) is 2.52. The Balaban J connectivity index is 1.67. The van der Waals surface area contributed by atoms with Crippen LogP contribution < -0.4 is 18.9 Å². The predicted molar refractivity (Wildman–Crippen MR) is 186 cm³/mol. The van der Waals surface area contributed by atoms with Crippen LogP contribution in [0.25, 0.3) is 21.5 Å². The van der Waals surface area contributed by atoms with Gasteiger partial charge in [0, 0.05) is 11.5 Å². The number of rotatable bonds is 13. The fraction of sp³-hybridized carbons (Fsp3) is 0.484. The largest absolute Gasteiger partial charge is 0.490 e. The lowest BCUT2D eigenvalue weighted by Gasteiger charge is -2.23. The summed E-state index contributed by atoms with van der Waals surface area (Å²) in [6.07, 6.45) is 0. The van der Waals surface area contributed by atoms with Gasteiger partial charge >= 0.3 is 7.60 Å². The highest BCUT2D eigenvalue weighted by Crippen LogP contribution is 2.71. The maximum Gasteiger partial charge on any atom is 0.354 e. The molecule has 2 aliphatic rings. The summed E-state index contributed by atoms with van der Waals surface area (Å²) in [4.78, 5) is 0. The molecule has 234 valence electrons. The molecule has 0 atom stereocenters. The Kier molecular flexibility index (Phi) is 11.4. The van der Waals surface area contributed by atoms with Crippen LogP contribution in [-0.2, 0) is 25.1 Å². The van der Waals surface area contributed by atoms with Crippen molar-refractivity contribution in [3.8, 4) is 23.0 Å². The van der Waals surface area contributed by atoms with Crippen LogP contribution in [0.1, 0.15) is 52.7 Å². The molecule has 5 rings (SSSR count). The Hall–Kier alpha value is -1.33. The highest BCUT2D eigenvalue weighted by Gasteiger charge is 2.43. The van der Waals surface area contributed by atoms with Crippen LogP contribution >= 0.6 is 54.6 Å². The van der Waals surface area contributed by atoms with E-state index in [2.05, 4.69) is 24.3 Å². The Morgan fingerprint density at radius 2 is 0.930 bits per heavy atom. The van der Waals surface area contributed by atoms with Crippen LogP contribution in [0.4, 0.5) is 0 Å². The molecule has 43 heavy (non-hydrogen) atoms. The van der Waals surface area contributed by atoms with Crippen molar-refractivity contribution in [2.45, 2.75) is 57.4 Å². The molecule has 2 aliphatic heterocycles. The van der Waals surface area contributed by atoms with Gasteiger partial charge in [-0.3, -0.25) is 4.57 Å². The molecule has 12 heteroatoms. The lowest BCUT2D eigenvalue weighted by atomic mass is 9.92. The summed E-state index contributed by atoms with van der Waals surface area (Å²) in [6, 6.07) is 8.50. The van der Waals surface area contributed by atoms with Crippen LogP contribution in [0.2, 0.25) is 0 Å². The Bertz CT molecular complexity index is 1450. The summed E-state index contributed by atoms with van der Waals surface area (Å²) in [5.74, 6) is 4.47. The van der Waals surface area contributed by atoms with Gasteiger partial charge in [-0.05, 0) is 98.5 Å². The molecule has 0 saturated carbocycles. The first kappa shape index (κ1) is 33.0. The van der Waals surface area contributed by atoms with Crippen molar-refractivity contribution >= 4 is 76.2 Å². The smallest absolute Gasteiger partial charge is 0.354 e. The minimum Gasteiger partial charge on any atom is -0.490 e.